The first-order valence-electron chi connectivity index (χ1n) is 12.1. The maximum Gasteiger partial charge on any atom is 0.292 e. The van der Waals surface area contributed by atoms with Gasteiger partial charge < -0.3 is 14.3 Å². The number of oxazole rings is 1. The number of amides is 1. The Morgan fingerprint density at radius 1 is 1.14 bits per heavy atom. The van der Waals surface area contributed by atoms with Crippen LogP contribution in [0.4, 0.5) is 8.78 Å². The highest BCUT2D eigenvalue weighted by Gasteiger charge is 2.41. The average Bonchev–Trinajstić information content (AvgIpc) is 3.31. The van der Waals surface area contributed by atoms with E-state index < -0.39 is 12.5 Å². The Labute approximate surface area is 209 Å². The molecule has 1 aliphatic heterocycles. The normalized spacial score (nSPS) is 17.5. The number of halogens is 2. The molecule has 11 heteroatoms. The lowest BCUT2D eigenvalue weighted by atomic mass is 9.98. The zero-order chi connectivity index (χ0) is 25.1. The molecule has 0 aromatic carbocycles. The molecule has 1 fully saturated rings. The van der Waals surface area contributed by atoms with E-state index in [0.29, 0.717) is 47.1 Å². The average molecular weight is 501 g/mol. The van der Waals surface area contributed by atoms with Gasteiger partial charge in [0.1, 0.15) is 11.7 Å². The lowest BCUT2D eigenvalue weighted by Gasteiger charge is -2.33. The number of aromatic amines is 1. The number of carbonyl (C=O) groups excluding carboxylic acids is 1. The molecule has 0 unspecified atom stereocenters. The third-order valence-electron chi connectivity index (χ3n) is 6.95. The Kier molecular flexibility index (Phi) is 4.91. The van der Waals surface area contributed by atoms with E-state index in [1.807, 2.05) is 6.07 Å². The fourth-order valence-corrected chi connectivity index (χ4v) is 5.02. The van der Waals surface area contributed by atoms with Gasteiger partial charge in [-0.25, -0.2) is 23.3 Å². The van der Waals surface area contributed by atoms with E-state index in [1.54, 1.807) is 41.8 Å². The molecule has 1 aliphatic carbocycles. The molecule has 2 aliphatic rings. The van der Waals surface area contributed by atoms with Crippen molar-refractivity contribution < 1.29 is 18.0 Å². The van der Waals surface area contributed by atoms with Crippen molar-refractivity contribution in [3.63, 3.8) is 0 Å². The molecule has 37 heavy (non-hydrogen) atoms. The molecule has 7 rings (SSSR count). The SMILES string of the molecule is O=C(c1oc(-c2ccccn2)nc1C1CC1)N1CCc2[nH]cnc2[C@@H]1c1cc2c(C(F)F)cccn2n1. The molecule has 0 bridgehead atoms. The first kappa shape index (κ1) is 21.8. The van der Waals surface area contributed by atoms with Crippen LogP contribution in [0.25, 0.3) is 17.1 Å². The number of nitrogens with zero attached hydrogens (tertiary/aromatic N) is 6. The minimum Gasteiger partial charge on any atom is -0.429 e. The fraction of sp³-hybridized carbons (Fsp3) is 0.269. The van der Waals surface area contributed by atoms with Crippen LogP contribution in [0.5, 0.6) is 0 Å². The minimum atomic E-state index is -2.65. The van der Waals surface area contributed by atoms with Crippen LogP contribution in [-0.2, 0) is 6.42 Å². The number of alkyl halides is 2. The monoisotopic (exact) mass is 501 g/mol. The quantitative estimate of drug-likeness (QED) is 0.374. The summed E-state index contributed by atoms with van der Waals surface area (Å²) in [5.41, 5.74) is 3.32. The van der Waals surface area contributed by atoms with E-state index in [2.05, 4.69) is 25.0 Å². The summed E-state index contributed by atoms with van der Waals surface area (Å²) in [6.07, 6.45) is 4.62. The maximum atomic E-state index is 14.1. The molecular weight excluding hydrogens is 480 g/mol. The number of aromatic nitrogens is 6. The highest BCUT2D eigenvalue weighted by molar-refractivity contribution is 5.94. The van der Waals surface area contributed by atoms with Crippen molar-refractivity contribution in [1.29, 1.82) is 0 Å². The molecule has 0 radical (unpaired) electrons. The topological polar surface area (TPSA) is 105 Å². The van der Waals surface area contributed by atoms with Gasteiger partial charge in [0.15, 0.2) is 0 Å². The van der Waals surface area contributed by atoms with E-state index in [1.165, 1.54) is 16.6 Å². The summed E-state index contributed by atoms with van der Waals surface area (Å²) in [7, 11) is 0. The smallest absolute Gasteiger partial charge is 0.292 e. The Hall–Kier alpha value is -4.41. The van der Waals surface area contributed by atoms with Gasteiger partial charge in [-0.05, 0) is 43.2 Å². The molecule has 5 aromatic heterocycles. The number of fused-ring (bicyclic) bond motifs is 2. The van der Waals surface area contributed by atoms with Crippen LogP contribution >= 0.6 is 0 Å². The Balaban J connectivity index is 1.34. The summed E-state index contributed by atoms with van der Waals surface area (Å²) in [5.74, 6) is 0.313. The number of rotatable bonds is 5. The minimum absolute atomic E-state index is 0.122. The molecule has 1 N–H and O–H groups in total. The molecule has 9 nitrogen and oxygen atoms in total. The molecule has 1 amide bonds. The van der Waals surface area contributed by atoms with E-state index in [0.717, 1.165) is 18.5 Å². The van der Waals surface area contributed by atoms with Crippen molar-refractivity contribution in [3.05, 3.63) is 89.2 Å². The standard InChI is InChI=1S/C26H21F2N7O2/c27-24(28)15-4-3-10-35-19(15)12-18(33-35)22-21-16(30-13-31-21)8-11-34(22)26(36)23-20(14-6-7-14)32-25(37-23)17-5-1-2-9-29-17/h1-5,9-10,12-14,22,24H,6-8,11H2,(H,30,31)/t22-/m0/s1. The highest BCUT2D eigenvalue weighted by atomic mass is 19.3. The van der Waals surface area contributed by atoms with Gasteiger partial charge in [-0.1, -0.05) is 6.07 Å². The molecule has 0 saturated heterocycles. The Morgan fingerprint density at radius 3 is 2.81 bits per heavy atom. The number of nitrogens with one attached hydrogen (secondary N) is 1. The van der Waals surface area contributed by atoms with Crippen molar-refractivity contribution in [2.75, 3.05) is 6.54 Å². The van der Waals surface area contributed by atoms with Crippen molar-refractivity contribution in [2.45, 2.75) is 37.6 Å². The van der Waals surface area contributed by atoms with Crippen LogP contribution in [0.1, 0.15) is 70.1 Å². The maximum absolute atomic E-state index is 14.1. The van der Waals surface area contributed by atoms with Crippen LogP contribution in [0.2, 0.25) is 0 Å². The fourth-order valence-electron chi connectivity index (χ4n) is 5.02. The molecule has 1 saturated carbocycles. The molecular formula is C26H21F2N7O2. The zero-order valence-corrected chi connectivity index (χ0v) is 19.5. The van der Waals surface area contributed by atoms with Crippen LogP contribution in [0, 0.1) is 0 Å². The summed E-state index contributed by atoms with van der Waals surface area (Å²) in [6.45, 7) is 0.373. The lowest BCUT2D eigenvalue weighted by Crippen LogP contribution is -2.41. The Morgan fingerprint density at radius 2 is 2.03 bits per heavy atom. The molecule has 0 spiro atoms. The van der Waals surface area contributed by atoms with Gasteiger partial charge in [-0.3, -0.25) is 9.78 Å². The first-order valence-corrected chi connectivity index (χ1v) is 12.1. The van der Waals surface area contributed by atoms with Gasteiger partial charge in [0, 0.05) is 42.5 Å². The molecule has 5 aromatic rings. The van der Waals surface area contributed by atoms with E-state index in [-0.39, 0.29) is 23.1 Å². The zero-order valence-electron chi connectivity index (χ0n) is 19.5. The number of hydrogen-bond acceptors (Lipinski definition) is 6. The third kappa shape index (κ3) is 3.61. The second kappa shape index (κ2) is 8.32. The predicted molar refractivity (Wildman–Crippen MR) is 127 cm³/mol. The van der Waals surface area contributed by atoms with Crippen LogP contribution < -0.4 is 0 Å². The lowest BCUT2D eigenvalue weighted by molar-refractivity contribution is 0.0653. The van der Waals surface area contributed by atoms with Crippen molar-refractivity contribution >= 4 is 11.4 Å². The van der Waals surface area contributed by atoms with Gasteiger partial charge in [0.2, 0.25) is 11.7 Å². The van der Waals surface area contributed by atoms with E-state index in [4.69, 9.17) is 4.42 Å². The summed E-state index contributed by atoms with van der Waals surface area (Å²) in [6, 6.07) is 9.26. The second-order valence-corrected chi connectivity index (χ2v) is 9.30. The summed E-state index contributed by atoms with van der Waals surface area (Å²) in [4.78, 5) is 32.3. The van der Waals surface area contributed by atoms with Gasteiger partial charge in [0.25, 0.3) is 12.3 Å². The first-order chi connectivity index (χ1) is 18.1. The van der Waals surface area contributed by atoms with E-state index in [9.17, 15) is 13.6 Å². The number of imidazole rings is 1. The van der Waals surface area contributed by atoms with Crippen molar-refractivity contribution in [2.24, 2.45) is 0 Å². The van der Waals surface area contributed by atoms with Crippen LogP contribution in [0.3, 0.4) is 0 Å². The number of hydrogen-bond donors (Lipinski definition) is 1. The van der Waals surface area contributed by atoms with E-state index >= 15 is 0 Å². The van der Waals surface area contributed by atoms with Gasteiger partial charge in [0.05, 0.1) is 28.9 Å². The van der Waals surface area contributed by atoms with Gasteiger partial charge >= 0.3 is 0 Å². The summed E-state index contributed by atoms with van der Waals surface area (Å²) >= 11 is 0. The van der Waals surface area contributed by atoms with Crippen LogP contribution in [-0.4, -0.2) is 46.9 Å². The molecule has 186 valence electrons. The predicted octanol–water partition coefficient (Wildman–Crippen LogP) is 4.71. The van der Waals surface area contributed by atoms with Gasteiger partial charge in [-0.2, -0.15) is 5.10 Å². The van der Waals surface area contributed by atoms with Crippen molar-refractivity contribution in [3.8, 4) is 11.6 Å². The number of carbonyl (C=O) groups is 1. The molecule has 6 heterocycles. The second-order valence-electron chi connectivity index (χ2n) is 9.30. The number of H-pyrrole nitrogens is 1. The van der Waals surface area contributed by atoms with Gasteiger partial charge in [-0.15, -0.1) is 0 Å². The molecule has 1 atom stereocenters. The Bertz CT molecular complexity index is 1620. The summed E-state index contributed by atoms with van der Waals surface area (Å²) < 4.78 is 34.9. The highest BCUT2D eigenvalue weighted by Crippen LogP contribution is 2.44. The van der Waals surface area contributed by atoms with Crippen molar-refractivity contribution in [1.82, 2.24) is 34.4 Å². The largest absolute Gasteiger partial charge is 0.429 e. The summed E-state index contributed by atoms with van der Waals surface area (Å²) in [5, 5.41) is 4.59. The number of pyridine rings is 2. The third-order valence-corrected chi connectivity index (χ3v) is 6.95. The van der Waals surface area contributed by atoms with Crippen LogP contribution in [0.15, 0.2) is 59.5 Å².